The van der Waals surface area contributed by atoms with Crippen molar-refractivity contribution in [1.82, 2.24) is 44.9 Å². The maximum absolute atomic E-state index is 5.00. The van der Waals surface area contributed by atoms with E-state index in [-0.39, 0.29) is 10.8 Å². The van der Waals surface area contributed by atoms with E-state index in [0.717, 1.165) is 77.9 Å². The first kappa shape index (κ1) is 82.4. The summed E-state index contributed by atoms with van der Waals surface area (Å²) >= 11 is 0. The molecule has 1 spiro atoms. The van der Waals surface area contributed by atoms with Crippen LogP contribution in [0.2, 0.25) is 0 Å². The largest absolute Gasteiger partial charge is 0.208 e. The molecule has 0 saturated heterocycles. The minimum absolute atomic E-state index is 0.00113. The highest BCUT2D eigenvalue weighted by Gasteiger charge is 2.52. The summed E-state index contributed by atoms with van der Waals surface area (Å²) in [6.45, 7) is 4.63. The molecule has 26 rings (SSSR count). The van der Waals surface area contributed by atoms with Crippen LogP contribution in [0.4, 0.5) is 0 Å². The topological polar surface area (TPSA) is 116 Å². The smallest absolute Gasteiger partial charge is 0.164 e. The zero-order valence-corrected chi connectivity index (χ0v) is 75.3. The molecule has 0 fully saturated rings. The van der Waals surface area contributed by atoms with Gasteiger partial charge in [0, 0.05) is 55.5 Å². The number of hydrogen-bond donors (Lipinski definition) is 0. The van der Waals surface area contributed by atoms with Gasteiger partial charge in [0.25, 0.3) is 0 Å². The summed E-state index contributed by atoms with van der Waals surface area (Å²) in [5.74, 6) is 5.92. The van der Waals surface area contributed by atoms with Crippen molar-refractivity contribution in [3.05, 3.63) is 547 Å². The Labute approximate surface area is 796 Å². The fraction of sp³-hybridized carbons (Fsp3) is 0.0391. The quantitative estimate of drug-likeness (QED) is 0.105. The second-order valence-electron chi connectivity index (χ2n) is 35.7. The zero-order valence-electron chi connectivity index (χ0n) is 75.3. The van der Waals surface area contributed by atoms with Gasteiger partial charge in [0.2, 0.25) is 0 Å². The molecule has 9 nitrogen and oxygen atoms in total. The monoisotopic (exact) mass is 1750 g/mol. The number of hydrogen-bond acceptors (Lipinski definition) is 9. The van der Waals surface area contributed by atoms with E-state index in [2.05, 4.69) is 323 Å². The molecule has 0 bridgehead atoms. The molecule has 0 aliphatic heterocycles. The first-order chi connectivity index (χ1) is 67.6. The summed E-state index contributed by atoms with van der Waals surface area (Å²) in [6, 6.07) is 173. The molecule has 0 amide bonds. The van der Waals surface area contributed by atoms with E-state index >= 15 is 0 Å². The SMILES string of the molecule is CC1(C)c2ccccc2-c2cc(-c3cccc(-c4nc(-c5ccccc5)nc(-c5ccccc5)n4)c3)ccc21.c1ccc(-c2nc(-c3ccccc3)nc(-c3cccc(-c4ccc5c(c4)C(c4ccccc4)(c4ccccc4)c4ccccc4-5)c3)n2)cc1.c1ccc(-c2nc(-c3ccccc3)nc(-c3cccc(-c4ccc5c(c4)C4(c6ccccc6-c6ccccc64)c4ccccc4-5)c3)n2)cc1. The van der Waals surface area contributed by atoms with Crippen LogP contribution >= 0.6 is 0 Å². The normalized spacial score (nSPS) is 12.9. The van der Waals surface area contributed by atoms with Crippen LogP contribution < -0.4 is 0 Å². The van der Waals surface area contributed by atoms with Gasteiger partial charge in [-0.1, -0.05) is 469 Å². The number of aromatic nitrogens is 9. The van der Waals surface area contributed by atoms with Crippen LogP contribution in [0.1, 0.15) is 69.5 Å². The molecule has 0 unspecified atom stereocenters. The summed E-state index contributed by atoms with van der Waals surface area (Å²) in [7, 11) is 0. The molecular weight excluding hydrogens is 1660 g/mol. The summed E-state index contributed by atoms with van der Waals surface area (Å²) in [6.07, 6.45) is 0. The van der Waals surface area contributed by atoms with E-state index in [1.165, 1.54) is 106 Å². The van der Waals surface area contributed by atoms with Crippen molar-refractivity contribution in [2.24, 2.45) is 0 Å². The average molecular weight is 1750 g/mol. The number of benzene rings is 19. The zero-order chi connectivity index (χ0) is 91.4. The molecule has 3 heterocycles. The number of nitrogens with zero attached hydrogens (tertiary/aromatic N) is 9. The first-order valence-electron chi connectivity index (χ1n) is 46.6. The lowest BCUT2D eigenvalue weighted by atomic mass is 9.67. The Morgan fingerprint density at radius 1 is 0.124 bits per heavy atom. The van der Waals surface area contributed by atoms with Gasteiger partial charge in [-0.25, -0.2) is 44.9 Å². The summed E-state index contributed by atoms with van der Waals surface area (Å²) in [4.78, 5) is 44.5. The van der Waals surface area contributed by atoms with E-state index in [1.54, 1.807) is 0 Å². The van der Waals surface area contributed by atoms with Gasteiger partial charge in [0.1, 0.15) is 0 Å². The van der Waals surface area contributed by atoms with Crippen LogP contribution in [0.3, 0.4) is 0 Å². The molecule has 22 aromatic rings. The van der Waals surface area contributed by atoms with E-state index in [4.69, 9.17) is 44.9 Å². The van der Waals surface area contributed by atoms with Crippen LogP contribution in [0.25, 0.3) is 180 Å². The maximum Gasteiger partial charge on any atom is 0.164 e. The van der Waals surface area contributed by atoms with Crippen molar-refractivity contribution in [2.75, 3.05) is 0 Å². The Bertz CT molecular complexity index is 7800. The highest BCUT2D eigenvalue weighted by molar-refractivity contribution is 5.97. The third-order valence-corrected chi connectivity index (χ3v) is 27.5. The van der Waals surface area contributed by atoms with Crippen molar-refractivity contribution < 1.29 is 0 Å². The van der Waals surface area contributed by atoms with Gasteiger partial charge >= 0.3 is 0 Å². The molecule has 19 aromatic carbocycles. The van der Waals surface area contributed by atoms with Gasteiger partial charge in [-0.15, -0.1) is 0 Å². The van der Waals surface area contributed by atoms with Crippen molar-refractivity contribution >= 4 is 0 Å². The molecule has 4 aliphatic carbocycles. The minimum Gasteiger partial charge on any atom is -0.208 e. The molecule has 0 saturated carbocycles. The molecule has 137 heavy (non-hydrogen) atoms. The van der Waals surface area contributed by atoms with Crippen molar-refractivity contribution in [3.63, 3.8) is 0 Å². The second kappa shape index (κ2) is 34.7. The first-order valence-corrected chi connectivity index (χ1v) is 46.6. The second-order valence-corrected chi connectivity index (χ2v) is 35.7. The Morgan fingerprint density at radius 3 is 0.628 bits per heavy atom. The number of fused-ring (bicyclic) bond motifs is 16. The van der Waals surface area contributed by atoms with Gasteiger partial charge in [0.05, 0.1) is 10.8 Å². The molecule has 0 N–H and O–H groups in total. The average Bonchev–Trinajstić information content (AvgIpc) is 1.50. The van der Waals surface area contributed by atoms with Crippen LogP contribution in [0.5, 0.6) is 0 Å². The lowest BCUT2D eigenvalue weighted by Gasteiger charge is -2.34. The van der Waals surface area contributed by atoms with E-state index in [9.17, 15) is 0 Å². The van der Waals surface area contributed by atoms with Crippen LogP contribution in [0.15, 0.2) is 491 Å². The van der Waals surface area contributed by atoms with Gasteiger partial charge in [0.15, 0.2) is 52.4 Å². The van der Waals surface area contributed by atoms with Crippen LogP contribution in [0, 0.1) is 0 Å². The van der Waals surface area contributed by atoms with E-state index in [1.807, 2.05) is 182 Å². The minimum atomic E-state index is -0.453. The Morgan fingerprint density at radius 2 is 0.321 bits per heavy atom. The fourth-order valence-electron chi connectivity index (χ4n) is 21.1. The van der Waals surface area contributed by atoms with E-state index < -0.39 is 5.41 Å². The lowest BCUT2D eigenvalue weighted by molar-refractivity contribution is 0.660. The third-order valence-electron chi connectivity index (χ3n) is 27.5. The van der Waals surface area contributed by atoms with Crippen molar-refractivity contribution in [3.8, 4) is 180 Å². The Kier molecular flexibility index (Phi) is 20.9. The van der Waals surface area contributed by atoms with Crippen molar-refractivity contribution in [2.45, 2.75) is 30.1 Å². The van der Waals surface area contributed by atoms with Gasteiger partial charge in [-0.3, -0.25) is 0 Å². The third kappa shape index (κ3) is 14.6. The van der Waals surface area contributed by atoms with E-state index in [0.29, 0.717) is 52.4 Å². The molecular formula is C128H87N9. The highest BCUT2D eigenvalue weighted by Crippen LogP contribution is 2.64. The molecule has 0 radical (unpaired) electrons. The van der Waals surface area contributed by atoms with Crippen molar-refractivity contribution in [1.29, 1.82) is 0 Å². The molecule has 644 valence electrons. The Hall–Kier alpha value is -17.8. The van der Waals surface area contributed by atoms with Gasteiger partial charge in [-0.05, 0) is 170 Å². The summed E-state index contributed by atoms with van der Waals surface area (Å²) in [5, 5.41) is 0. The fourth-order valence-corrected chi connectivity index (χ4v) is 21.1. The predicted molar refractivity (Wildman–Crippen MR) is 556 cm³/mol. The predicted octanol–water partition coefficient (Wildman–Crippen LogP) is 30.6. The van der Waals surface area contributed by atoms with Gasteiger partial charge < -0.3 is 0 Å². The number of rotatable bonds is 14. The molecule has 3 aromatic heterocycles. The maximum atomic E-state index is 5.00. The Balaban J connectivity index is 0.000000113. The molecule has 4 aliphatic rings. The summed E-state index contributed by atoms with van der Waals surface area (Å²) in [5.41, 5.74) is 38.3. The van der Waals surface area contributed by atoms with Crippen LogP contribution in [-0.4, -0.2) is 44.9 Å². The molecule has 9 heteroatoms. The summed E-state index contributed by atoms with van der Waals surface area (Å²) < 4.78 is 0. The van der Waals surface area contributed by atoms with Crippen LogP contribution in [-0.2, 0) is 16.2 Å². The molecule has 0 atom stereocenters. The lowest BCUT2D eigenvalue weighted by Crippen LogP contribution is -2.28. The highest BCUT2D eigenvalue weighted by atomic mass is 15.1. The van der Waals surface area contributed by atoms with Gasteiger partial charge in [-0.2, -0.15) is 0 Å². The standard InChI is InChI=1S/C46H29N3.C46H31N3.C36H27N3/c1-3-14-30(15-4-1)43-47-44(31-16-5-2-6-17-31)49-45(48-43)34-19-13-18-32(28-34)33-26-27-38-37-22-9-12-25-41(37)46(42(38)29-33)39-23-10-7-20-35(39)36-21-8-11-24-40(36)46;1-5-16-32(17-6-1)43-47-44(33-18-7-2-8-19-33)49-45(48-43)36-21-15-20-34(30-36)35-28-29-40-39-26-13-14-27-41(39)46(42(40)31-35,37-22-9-3-10-23-37)38-24-11-4-12-25-38;1-36(2)31-19-10-9-18-29(31)30-23-27(20-21-32(30)36)26-16-11-17-28(22-26)35-38-33(24-12-5-3-6-13-24)37-34(39-35)25-14-7-4-8-15-25/h1-29H;1-31H;3-23H,1-2H3.